The molecule has 0 saturated carbocycles. The van der Waals surface area contributed by atoms with Crippen molar-refractivity contribution in [3.05, 3.63) is 40.3 Å². The second-order valence-corrected chi connectivity index (χ2v) is 6.63. The number of fused-ring (bicyclic) bond motifs is 1. The summed E-state index contributed by atoms with van der Waals surface area (Å²) >= 11 is 1.57. The molecule has 1 aromatic carbocycles. The Morgan fingerprint density at radius 2 is 2.09 bits per heavy atom. The molecule has 0 fully saturated rings. The summed E-state index contributed by atoms with van der Waals surface area (Å²) in [5.41, 5.74) is 8.66. The van der Waals surface area contributed by atoms with Gasteiger partial charge in [0.15, 0.2) is 0 Å². The van der Waals surface area contributed by atoms with Crippen LogP contribution in [-0.4, -0.2) is 13.0 Å². The first-order valence-corrected chi connectivity index (χ1v) is 8.36. The molecule has 3 rings (SSSR count). The van der Waals surface area contributed by atoms with Crippen LogP contribution >= 0.6 is 11.3 Å². The molecular formula is C17H20N2O2S. The summed E-state index contributed by atoms with van der Waals surface area (Å²) in [6, 6.07) is 7.35. The van der Waals surface area contributed by atoms with Crippen molar-refractivity contribution in [3.63, 3.8) is 0 Å². The Morgan fingerprint density at radius 3 is 2.91 bits per heavy atom. The number of amides is 1. The molecular weight excluding hydrogens is 296 g/mol. The number of carbonyl (C=O) groups excluding carboxylic acids is 1. The number of rotatable bonds is 3. The van der Waals surface area contributed by atoms with Crippen molar-refractivity contribution in [2.75, 3.05) is 18.2 Å². The highest BCUT2D eigenvalue weighted by molar-refractivity contribution is 7.16. The summed E-state index contributed by atoms with van der Waals surface area (Å²) in [4.78, 5) is 13.9. The Morgan fingerprint density at radius 1 is 1.27 bits per heavy atom. The molecule has 22 heavy (non-hydrogen) atoms. The third kappa shape index (κ3) is 2.95. The summed E-state index contributed by atoms with van der Waals surface area (Å²) in [5, 5.41) is 3.57. The number of nitrogen functional groups attached to an aromatic ring is 1. The summed E-state index contributed by atoms with van der Waals surface area (Å²) in [5.74, 6) is 0.597. The molecule has 4 nitrogen and oxygen atoms in total. The van der Waals surface area contributed by atoms with Gasteiger partial charge in [-0.2, -0.15) is 0 Å². The first kappa shape index (κ1) is 14.9. The molecule has 116 valence electrons. The van der Waals surface area contributed by atoms with E-state index in [0.29, 0.717) is 10.6 Å². The number of nitrogens with one attached hydrogen (secondary N) is 1. The molecule has 0 saturated heterocycles. The first-order chi connectivity index (χ1) is 10.7. The lowest BCUT2D eigenvalue weighted by Crippen LogP contribution is -2.15. The molecule has 0 spiro atoms. The minimum atomic E-state index is -0.120. The van der Waals surface area contributed by atoms with E-state index in [1.165, 1.54) is 17.7 Å². The fourth-order valence-electron chi connectivity index (χ4n) is 2.91. The molecule has 3 N–H and O–H groups in total. The largest absolute Gasteiger partial charge is 0.497 e. The van der Waals surface area contributed by atoms with Crippen LogP contribution in [0, 0.1) is 0 Å². The number of benzene rings is 1. The monoisotopic (exact) mass is 316 g/mol. The van der Waals surface area contributed by atoms with E-state index in [4.69, 9.17) is 10.5 Å². The van der Waals surface area contributed by atoms with Crippen molar-refractivity contribution in [2.45, 2.75) is 32.1 Å². The average molecular weight is 316 g/mol. The Hall–Kier alpha value is -2.01. The Balaban J connectivity index is 1.87. The molecule has 1 aromatic heterocycles. The number of ether oxygens (including phenoxy) is 1. The second kappa shape index (κ2) is 6.40. The molecule has 1 aliphatic carbocycles. The van der Waals surface area contributed by atoms with Crippen molar-refractivity contribution in [3.8, 4) is 5.75 Å². The average Bonchev–Trinajstić information content (AvgIpc) is 2.68. The fourth-order valence-corrected chi connectivity index (χ4v) is 4.06. The Kier molecular flexibility index (Phi) is 4.34. The van der Waals surface area contributed by atoms with Gasteiger partial charge in [-0.25, -0.2) is 0 Å². The van der Waals surface area contributed by atoms with Gasteiger partial charge >= 0.3 is 0 Å². The van der Waals surface area contributed by atoms with E-state index in [1.807, 2.05) is 18.2 Å². The molecule has 0 unspecified atom stereocenters. The zero-order valence-corrected chi connectivity index (χ0v) is 13.5. The summed E-state index contributed by atoms with van der Waals surface area (Å²) < 4.78 is 5.18. The molecule has 0 bridgehead atoms. The van der Waals surface area contributed by atoms with Crippen molar-refractivity contribution < 1.29 is 9.53 Å². The summed E-state index contributed by atoms with van der Waals surface area (Å²) in [7, 11) is 1.61. The zero-order valence-electron chi connectivity index (χ0n) is 12.6. The van der Waals surface area contributed by atoms with Crippen LogP contribution in [0.15, 0.2) is 24.3 Å². The van der Waals surface area contributed by atoms with E-state index in [0.717, 1.165) is 36.3 Å². The van der Waals surface area contributed by atoms with Crippen LogP contribution in [0.1, 0.15) is 40.1 Å². The molecule has 1 amide bonds. The minimum absolute atomic E-state index is 0.120. The molecule has 1 aliphatic rings. The van der Waals surface area contributed by atoms with Gasteiger partial charge in [0.25, 0.3) is 5.91 Å². The van der Waals surface area contributed by atoms with Gasteiger partial charge in [0.05, 0.1) is 17.7 Å². The number of hydrogen-bond acceptors (Lipinski definition) is 4. The minimum Gasteiger partial charge on any atom is -0.497 e. The maximum Gasteiger partial charge on any atom is 0.258 e. The number of aryl methyl sites for hydroxylation is 1. The van der Waals surface area contributed by atoms with Crippen LogP contribution in [0.2, 0.25) is 0 Å². The van der Waals surface area contributed by atoms with E-state index in [1.54, 1.807) is 24.5 Å². The predicted molar refractivity (Wildman–Crippen MR) is 90.9 cm³/mol. The first-order valence-electron chi connectivity index (χ1n) is 7.54. The topological polar surface area (TPSA) is 64.3 Å². The van der Waals surface area contributed by atoms with Gasteiger partial charge in [-0.05, 0) is 43.4 Å². The van der Waals surface area contributed by atoms with Gasteiger partial charge < -0.3 is 15.8 Å². The van der Waals surface area contributed by atoms with Gasteiger partial charge in [0, 0.05) is 16.6 Å². The van der Waals surface area contributed by atoms with Gasteiger partial charge in [0.1, 0.15) is 5.75 Å². The van der Waals surface area contributed by atoms with Gasteiger partial charge in [-0.3, -0.25) is 4.79 Å². The highest BCUT2D eigenvalue weighted by atomic mass is 32.1. The summed E-state index contributed by atoms with van der Waals surface area (Å²) in [6.07, 6.45) is 5.52. The molecule has 0 radical (unpaired) electrons. The third-order valence-corrected chi connectivity index (χ3v) is 5.12. The Bertz CT molecular complexity index is 694. The normalized spacial score (nSPS) is 14.0. The van der Waals surface area contributed by atoms with E-state index >= 15 is 0 Å². The Labute approximate surface area is 134 Å². The molecule has 0 aliphatic heterocycles. The van der Waals surface area contributed by atoms with E-state index < -0.39 is 0 Å². The quantitative estimate of drug-likeness (QED) is 0.845. The van der Waals surface area contributed by atoms with Crippen molar-refractivity contribution in [1.82, 2.24) is 0 Å². The highest BCUT2D eigenvalue weighted by Gasteiger charge is 2.23. The van der Waals surface area contributed by atoms with Gasteiger partial charge in [-0.15, -0.1) is 11.3 Å². The van der Waals surface area contributed by atoms with Gasteiger partial charge in [-0.1, -0.05) is 12.5 Å². The lowest BCUT2D eigenvalue weighted by molar-refractivity contribution is 0.102. The zero-order chi connectivity index (χ0) is 15.5. The van der Waals surface area contributed by atoms with Crippen LogP contribution in [-0.2, 0) is 12.8 Å². The number of hydrogen-bond donors (Lipinski definition) is 2. The second-order valence-electron chi connectivity index (χ2n) is 5.49. The van der Waals surface area contributed by atoms with Crippen molar-refractivity contribution >= 4 is 27.9 Å². The SMILES string of the molecule is COc1cccc(NC(=O)c2c(N)sc3c2CCCCC3)c1. The molecule has 5 heteroatoms. The van der Waals surface area contributed by atoms with Crippen LogP contribution in [0.25, 0.3) is 0 Å². The highest BCUT2D eigenvalue weighted by Crippen LogP contribution is 2.36. The van der Waals surface area contributed by atoms with E-state index in [-0.39, 0.29) is 5.91 Å². The van der Waals surface area contributed by atoms with Crippen LogP contribution in [0.3, 0.4) is 0 Å². The van der Waals surface area contributed by atoms with Gasteiger partial charge in [0.2, 0.25) is 0 Å². The third-order valence-electron chi connectivity index (χ3n) is 4.00. The van der Waals surface area contributed by atoms with Crippen molar-refractivity contribution in [1.29, 1.82) is 0 Å². The number of anilines is 2. The van der Waals surface area contributed by atoms with Crippen LogP contribution < -0.4 is 15.8 Å². The maximum atomic E-state index is 12.7. The molecule has 2 aromatic rings. The smallest absolute Gasteiger partial charge is 0.258 e. The number of thiophene rings is 1. The standard InChI is InChI=1S/C17H20N2O2S/c1-21-12-7-5-6-11(10-12)19-17(20)15-13-8-3-2-4-9-14(13)22-16(15)18/h5-7,10H,2-4,8-9,18H2,1H3,(H,19,20). The lowest BCUT2D eigenvalue weighted by Gasteiger charge is -2.09. The lowest BCUT2D eigenvalue weighted by atomic mass is 10.0. The fraction of sp³-hybridized carbons (Fsp3) is 0.353. The van der Waals surface area contributed by atoms with Crippen LogP contribution in [0.4, 0.5) is 10.7 Å². The van der Waals surface area contributed by atoms with Crippen molar-refractivity contribution in [2.24, 2.45) is 0 Å². The van der Waals surface area contributed by atoms with Crippen LogP contribution in [0.5, 0.6) is 5.75 Å². The molecule has 1 heterocycles. The number of nitrogens with two attached hydrogens (primary N) is 1. The predicted octanol–water partition coefficient (Wildman–Crippen LogP) is 3.86. The summed E-state index contributed by atoms with van der Waals surface area (Å²) in [6.45, 7) is 0. The number of methoxy groups -OCH3 is 1. The molecule has 0 atom stereocenters. The van der Waals surface area contributed by atoms with E-state index in [9.17, 15) is 4.79 Å². The maximum absolute atomic E-state index is 12.7. The number of carbonyl (C=O) groups is 1. The van der Waals surface area contributed by atoms with E-state index in [2.05, 4.69) is 5.32 Å².